The minimum absolute atomic E-state index is 0.121. The van der Waals surface area contributed by atoms with Gasteiger partial charge in [-0.15, -0.1) is 0 Å². The predicted molar refractivity (Wildman–Crippen MR) is 59.7 cm³/mol. The highest BCUT2D eigenvalue weighted by Crippen LogP contribution is 2.32. The summed E-state index contributed by atoms with van der Waals surface area (Å²) in [6.07, 6.45) is 1.88. The van der Waals surface area contributed by atoms with Crippen LogP contribution in [0.15, 0.2) is 0 Å². The minimum atomic E-state index is -1.03. The number of carbonyl (C=O) groups excluding carboxylic acids is 1. The molecule has 1 rings (SSSR count). The highest BCUT2D eigenvalue weighted by molar-refractivity contribution is 5.89. The molecular weight excluding hydrogens is 208 g/mol. The van der Waals surface area contributed by atoms with Gasteiger partial charge in [0.15, 0.2) is 0 Å². The number of hydrogen-bond donors (Lipinski definition) is 3. The fourth-order valence-corrected chi connectivity index (χ4v) is 1.93. The third kappa shape index (κ3) is 2.35. The summed E-state index contributed by atoms with van der Waals surface area (Å²) in [4.78, 5) is 22.9. The first-order chi connectivity index (χ1) is 7.43. The van der Waals surface area contributed by atoms with E-state index in [0.717, 1.165) is 6.42 Å². The van der Waals surface area contributed by atoms with Gasteiger partial charge in [0.2, 0.25) is 5.91 Å². The summed E-state index contributed by atoms with van der Waals surface area (Å²) in [5, 5.41) is 11.7. The number of rotatable bonds is 5. The molecule has 5 heteroatoms. The first kappa shape index (κ1) is 13.0. The van der Waals surface area contributed by atoms with Gasteiger partial charge in [-0.25, -0.2) is 4.79 Å². The smallest absolute Gasteiger partial charge is 0.329 e. The normalized spacial score (nSPS) is 20.0. The van der Waals surface area contributed by atoms with Gasteiger partial charge in [-0.2, -0.15) is 0 Å². The van der Waals surface area contributed by atoms with Gasteiger partial charge in [-0.05, 0) is 25.2 Å². The summed E-state index contributed by atoms with van der Waals surface area (Å²) in [5.74, 6) is -1.36. The number of hydrogen-bond acceptors (Lipinski definition) is 3. The van der Waals surface area contributed by atoms with E-state index in [-0.39, 0.29) is 24.3 Å². The lowest BCUT2D eigenvalue weighted by molar-refractivity contribution is -0.152. The Morgan fingerprint density at radius 1 is 1.44 bits per heavy atom. The van der Waals surface area contributed by atoms with Gasteiger partial charge in [-0.1, -0.05) is 13.8 Å². The zero-order valence-corrected chi connectivity index (χ0v) is 9.82. The minimum Gasteiger partial charge on any atom is -0.480 e. The van der Waals surface area contributed by atoms with Gasteiger partial charge in [0.05, 0.1) is 5.92 Å². The molecule has 1 atom stereocenters. The van der Waals surface area contributed by atoms with E-state index in [1.54, 1.807) is 0 Å². The molecule has 0 aromatic rings. The quantitative estimate of drug-likeness (QED) is 0.632. The van der Waals surface area contributed by atoms with E-state index >= 15 is 0 Å². The van der Waals surface area contributed by atoms with Crippen LogP contribution in [0.2, 0.25) is 0 Å². The lowest BCUT2D eigenvalue weighted by Crippen LogP contribution is -2.61. The third-order valence-electron chi connectivity index (χ3n) is 3.37. The molecule has 0 aliphatic heterocycles. The van der Waals surface area contributed by atoms with E-state index < -0.39 is 11.5 Å². The predicted octanol–water partition coefficient (Wildman–Crippen LogP) is 0.341. The van der Waals surface area contributed by atoms with E-state index in [2.05, 4.69) is 5.32 Å². The van der Waals surface area contributed by atoms with Crippen LogP contribution < -0.4 is 11.1 Å². The molecule has 1 unspecified atom stereocenters. The maximum Gasteiger partial charge on any atom is 0.329 e. The largest absolute Gasteiger partial charge is 0.480 e. The summed E-state index contributed by atoms with van der Waals surface area (Å²) >= 11 is 0. The van der Waals surface area contributed by atoms with Crippen molar-refractivity contribution in [2.45, 2.75) is 38.6 Å². The Balaban J connectivity index is 2.65. The van der Waals surface area contributed by atoms with Crippen molar-refractivity contribution in [3.05, 3.63) is 0 Å². The Morgan fingerprint density at radius 2 is 2.00 bits per heavy atom. The maximum absolute atomic E-state index is 11.9. The number of nitrogens with two attached hydrogens (primary N) is 1. The van der Waals surface area contributed by atoms with Crippen LogP contribution in [-0.4, -0.2) is 29.1 Å². The van der Waals surface area contributed by atoms with Crippen molar-refractivity contribution in [3.63, 3.8) is 0 Å². The van der Waals surface area contributed by atoms with Gasteiger partial charge in [-0.3, -0.25) is 4.79 Å². The molecular formula is C11H20N2O3. The summed E-state index contributed by atoms with van der Waals surface area (Å²) in [5.41, 5.74) is 4.49. The zero-order valence-electron chi connectivity index (χ0n) is 9.82. The molecule has 0 aromatic heterocycles. The molecule has 4 N–H and O–H groups in total. The van der Waals surface area contributed by atoms with Gasteiger partial charge < -0.3 is 16.2 Å². The monoisotopic (exact) mass is 228 g/mol. The molecule has 1 aliphatic rings. The molecule has 0 spiro atoms. The van der Waals surface area contributed by atoms with Crippen molar-refractivity contribution < 1.29 is 14.7 Å². The molecule has 1 saturated carbocycles. The average Bonchev–Trinajstić information content (AvgIpc) is 2.11. The lowest BCUT2D eigenvalue weighted by atomic mass is 9.76. The van der Waals surface area contributed by atoms with Crippen molar-refractivity contribution >= 4 is 11.9 Å². The molecule has 0 heterocycles. The second-order valence-corrected chi connectivity index (χ2v) is 4.82. The third-order valence-corrected chi connectivity index (χ3v) is 3.37. The van der Waals surface area contributed by atoms with Crippen molar-refractivity contribution in [3.8, 4) is 0 Å². The molecule has 1 fully saturated rings. The summed E-state index contributed by atoms with van der Waals surface area (Å²) in [7, 11) is 0. The maximum atomic E-state index is 11.9. The molecule has 1 aliphatic carbocycles. The van der Waals surface area contributed by atoms with Crippen molar-refractivity contribution in [2.75, 3.05) is 6.54 Å². The van der Waals surface area contributed by atoms with E-state index in [0.29, 0.717) is 12.8 Å². The Bertz CT molecular complexity index is 285. The fraction of sp³-hybridized carbons (Fsp3) is 0.818. The van der Waals surface area contributed by atoms with Crippen LogP contribution in [0.4, 0.5) is 0 Å². The summed E-state index contributed by atoms with van der Waals surface area (Å²) in [6.45, 7) is 4.07. The summed E-state index contributed by atoms with van der Waals surface area (Å²) < 4.78 is 0. The average molecular weight is 228 g/mol. The van der Waals surface area contributed by atoms with Crippen LogP contribution in [0.5, 0.6) is 0 Å². The van der Waals surface area contributed by atoms with E-state index in [4.69, 9.17) is 10.8 Å². The standard InChI is InChI=1S/C11H20N2O3/c1-7(2)8(6-12)9(14)13-11(10(15)16)4-3-5-11/h7-8H,3-6,12H2,1-2H3,(H,13,14)(H,15,16). The van der Waals surface area contributed by atoms with Crippen LogP contribution in [-0.2, 0) is 9.59 Å². The molecule has 5 nitrogen and oxygen atoms in total. The van der Waals surface area contributed by atoms with Crippen molar-refractivity contribution in [1.82, 2.24) is 5.32 Å². The molecule has 0 bridgehead atoms. The molecule has 0 aromatic carbocycles. The highest BCUT2D eigenvalue weighted by atomic mass is 16.4. The van der Waals surface area contributed by atoms with Gasteiger partial charge in [0.25, 0.3) is 0 Å². The number of carbonyl (C=O) groups is 2. The number of aliphatic carboxylic acids is 1. The van der Waals surface area contributed by atoms with Crippen LogP contribution in [0, 0.1) is 11.8 Å². The Morgan fingerprint density at radius 3 is 2.25 bits per heavy atom. The number of nitrogens with one attached hydrogen (secondary N) is 1. The molecule has 1 amide bonds. The first-order valence-corrected chi connectivity index (χ1v) is 5.68. The molecule has 0 saturated heterocycles. The van der Waals surface area contributed by atoms with E-state index in [9.17, 15) is 9.59 Å². The van der Waals surface area contributed by atoms with Gasteiger partial charge in [0, 0.05) is 6.54 Å². The Hall–Kier alpha value is -1.10. The number of amides is 1. The van der Waals surface area contributed by atoms with Gasteiger partial charge in [0.1, 0.15) is 5.54 Å². The van der Waals surface area contributed by atoms with Crippen molar-refractivity contribution in [2.24, 2.45) is 17.6 Å². The topological polar surface area (TPSA) is 92.4 Å². The lowest BCUT2D eigenvalue weighted by Gasteiger charge is -2.39. The van der Waals surface area contributed by atoms with Crippen LogP contribution in [0.25, 0.3) is 0 Å². The molecule has 0 radical (unpaired) electrons. The van der Waals surface area contributed by atoms with Gasteiger partial charge >= 0.3 is 5.97 Å². The van der Waals surface area contributed by atoms with E-state index in [1.807, 2.05) is 13.8 Å². The second-order valence-electron chi connectivity index (χ2n) is 4.82. The van der Waals surface area contributed by atoms with Crippen LogP contribution in [0.3, 0.4) is 0 Å². The Labute approximate surface area is 95.4 Å². The van der Waals surface area contributed by atoms with Crippen LogP contribution in [0.1, 0.15) is 33.1 Å². The second kappa shape index (κ2) is 4.82. The number of carboxylic acids is 1. The zero-order chi connectivity index (χ0) is 12.3. The summed E-state index contributed by atoms with van der Waals surface area (Å²) in [6, 6.07) is 0. The van der Waals surface area contributed by atoms with Crippen LogP contribution >= 0.6 is 0 Å². The highest BCUT2D eigenvalue weighted by Gasteiger charge is 2.46. The molecule has 16 heavy (non-hydrogen) atoms. The van der Waals surface area contributed by atoms with Crippen molar-refractivity contribution in [1.29, 1.82) is 0 Å². The Kier molecular flexibility index (Phi) is 3.91. The molecule has 92 valence electrons. The first-order valence-electron chi connectivity index (χ1n) is 5.68. The number of carboxylic acid groups (broad SMARTS) is 1. The fourth-order valence-electron chi connectivity index (χ4n) is 1.93. The SMILES string of the molecule is CC(C)C(CN)C(=O)NC1(C(=O)O)CCC1. The van der Waals surface area contributed by atoms with E-state index in [1.165, 1.54) is 0 Å².